The molecule has 0 aliphatic carbocycles. The molecule has 1 saturated heterocycles. The van der Waals surface area contributed by atoms with Gasteiger partial charge in [-0.2, -0.15) is 0 Å². The Bertz CT molecular complexity index is 403. The summed E-state index contributed by atoms with van der Waals surface area (Å²) in [4.78, 5) is 13.8. The van der Waals surface area contributed by atoms with Crippen LogP contribution in [0, 0.1) is 0 Å². The van der Waals surface area contributed by atoms with Crippen molar-refractivity contribution in [3.05, 3.63) is 24.3 Å². The normalized spacial score (nSPS) is 16.8. The maximum Gasteiger partial charge on any atom is 0.222 e. The minimum Gasteiger partial charge on any atom is -0.492 e. The van der Waals surface area contributed by atoms with Gasteiger partial charge in [-0.1, -0.05) is 12.8 Å². The molecular formula is C15H22N2O2. The van der Waals surface area contributed by atoms with Crippen molar-refractivity contribution in [2.75, 3.05) is 25.4 Å². The van der Waals surface area contributed by atoms with Gasteiger partial charge in [0.15, 0.2) is 0 Å². The van der Waals surface area contributed by atoms with Crippen molar-refractivity contribution < 1.29 is 9.53 Å². The predicted molar refractivity (Wildman–Crippen MR) is 76.0 cm³/mol. The van der Waals surface area contributed by atoms with E-state index in [1.165, 1.54) is 12.8 Å². The summed E-state index contributed by atoms with van der Waals surface area (Å²) in [7, 11) is 0. The van der Waals surface area contributed by atoms with Crippen LogP contribution in [-0.4, -0.2) is 30.5 Å². The molecule has 0 aromatic heterocycles. The SMILES string of the molecule is Nc1ccc(OCCN2CCCCCCC2=O)cc1. The second kappa shape index (κ2) is 7.02. The summed E-state index contributed by atoms with van der Waals surface area (Å²) in [6.07, 6.45) is 5.22. The topological polar surface area (TPSA) is 55.6 Å². The smallest absolute Gasteiger partial charge is 0.222 e. The summed E-state index contributed by atoms with van der Waals surface area (Å²) in [5.41, 5.74) is 6.34. The van der Waals surface area contributed by atoms with Gasteiger partial charge in [0.05, 0.1) is 6.54 Å². The predicted octanol–water partition coefficient (Wildman–Crippen LogP) is 2.44. The fraction of sp³-hybridized carbons (Fsp3) is 0.533. The van der Waals surface area contributed by atoms with Gasteiger partial charge in [-0.3, -0.25) is 4.79 Å². The largest absolute Gasteiger partial charge is 0.492 e. The number of carbonyl (C=O) groups excluding carboxylic acids is 1. The number of benzene rings is 1. The first-order valence-electron chi connectivity index (χ1n) is 7.02. The molecule has 1 fully saturated rings. The Labute approximate surface area is 114 Å². The third kappa shape index (κ3) is 4.47. The number of hydrogen-bond donors (Lipinski definition) is 1. The Kier molecular flexibility index (Phi) is 5.07. The van der Waals surface area contributed by atoms with Crippen LogP contribution in [0.4, 0.5) is 5.69 Å². The van der Waals surface area contributed by atoms with Crippen molar-refractivity contribution in [3.63, 3.8) is 0 Å². The maximum atomic E-state index is 11.9. The van der Waals surface area contributed by atoms with Gasteiger partial charge in [0.25, 0.3) is 0 Å². The number of hydrogen-bond acceptors (Lipinski definition) is 3. The van der Waals surface area contributed by atoms with Gasteiger partial charge in [-0.25, -0.2) is 0 Å². The van der Waals surface area contributed by atoms with Crippen LogP contribution in [0.3, 0.4) is 0 Å². The molecule has 4 nitrogen and oxygen atoms in total. The summed E-state index contributed by atoms with van der Waals surface area (Å²) in [6.45, 7) is 2.07. The lowest BCUT2D eigenvalue weighted by Crippen LogP contribution is -2.36. The second-order valence-electron chi connectivity index (χ2n) is 4.96. The number of anilines is 1. The zero-order valence-electron chi connectivity index (χ0n) is 11.3. The molecule has 1 aromatic rings. The number of rotatable bonds is 4. The highest BCUT2D eigenvalue weighted by Gasteiger charge is 2.14. The van der Waals surface area contributed by atoms with Crippen LogP contribution in [0.2, 0.25) is 0 Å². The van der Waals surface area contributed by atoms with Crippen molar-refractivity contribution in [1.82, 2.24) is 4.90 Å². The van der Waals surface area contributed by atoms with Gasteiger partial charge < -0.3 is 15.4 Å². The molecule has 19 heavy (non-hydrogen) atoms. The van der Waals surface area contributed by atoms with E-state index in [0.29, 0.717) is 19.6 Å². The molecular weight excluding hydrogens is 240 g/mol. The van der Waals surface area contributed by atoms with Crippen molar-refractivity contribution in [1.29, 1.82) is 0 Å². The zero-order valence-corrected chi connectivity index (χ0v) is 11.3. The van der Waals surface area contributed by atoms with Crippen LogP contribution in [0.5, 0.6) is 5.75 Å². The molecule has 0 atom stereocenters. The van der Waals surface area contributed by atoms with E-state index in [0.717, 1.165) is 30.8 Å². The molecule has 1 amide bonds. The van der Waals surface area contributed by atoms with Crippen LogP contribution in [0.25, 0.3) is 0 Å². The molecule has 0 unspecified atom stereocenters. The summed E-state index contributed by atoms with van der Waals surface area (Å²) < 4.78 is 5.63. The van der Waals surface area contributed by atoms with Gasteiger partial charge in [0, 0.05) is 18.7 Å². The van der Waals surface area contributed by atoms with Gasteiger partial charge >= 0.3 is 0 Å². The Morgan fingerprint density at radius 3 is 2.63 bits per heavy atom. The van der Waals surface area contributed by atoms with Gasteiger partial charge in [-0.15, -0.1) is 0 Å². The van der Waals surface area contributed by atoms with E-state index in [9.17, 15) is 4.79 Å². The van der Waals surface area contributed by atoms with Gasteiger partial charge in [0.2, 0.25) is 5.91 Å². The highest BCUT2D eigenvalue weighted by Crippen LogP contribution is 2.14. The molecule has 1 heterocycles. The molecule has 2 N–H and O–H groups in total. The van der Waals surface area contributed by atoms with Crippen molar-refractivity contribution in [3.8, 4) is 5.75 Å². The van der Waals surface area contributed by atoms with Crippen LogP contribution in [0.1, 0.15) is 32.1 Å². The fourth-order valence-electron chi connectivity index (χ4n) is 2.29. The molecule has 0 radical (unpaired) electrons. The Balaban J connectivity index is 1.77. The number of nitrogen functional groups attached to an aromatic ring is 1. The van der Waals surface area contributed by atoms with Crippen LogP contribution < -0.4 is 10.5 Å². The number of likely N-dealkylation sites (tertiary alicyclic amines) is 1. The van der Waals surface area contributed by atoms with E-state index in [-0.39, 0.29) is 5.91 Å². The average molecular weight is 262 g/mol. The molecule has 104 valence electrons. The molecule has 4 heteroatoms. The highest BCUT2D eigenvalue weighted by molar-refractivity contribution is 5.76. The monoisotopic (exact) mass is 262 g/mol. The van der Waals surface area contributed by atoms with Gasteiger partial charge in [0.1, 0.15) is 12.4 Å². The van der Waals surface area contributed by atoms with E-state index in [4.69, 9.17) is 10.5 Å². The molecule has 1 aliphatic rings. The minimum atomic E-state index is 0.264. The first-order chi connectivity index (χ1) is 9.25. The molecule has 0 saturated carbocycles. The minimum absolute atomic E-state index is 0.264. The van der Waals surface area contributed by atoms with E-state index in [2.05, 4.69) is 0 Å². The summed E-state index contributed by atoms with van der Waals surface area (Å²) in [6, 6.07) is 7.34. The van der Waals surface area contributed by atoms with Crippen molar-refractivity contribution in [2.24, 2.45) is 0 Å². The van der Waals surface area contributed by atoms with E-state index < -0.39 is 0 Å². The number of nitrogens with zero attached hydrogens (tertiary/aromatic N) is 1. The summed E-state index contributed by atoms with van der Waals surface area (Å²) >= 11 is 0. The zero-order chi connectivity index (χ0) is 13.5. The summed E-state index contributed by atoms with van der Waals surface area (Å²) in [5.74, 6) is 1.06. The Morgan fingerprint density at radius 2 is 1.84 bits per heavy atom. The molecule has 0 spiro atoms. The van der Waals surface area contributed by atoms with Gasteiger partial charge in [-0.05, 0) is 37.1 Å². The third-order valence-corrected chi connectivity index (χ3v) is 3.43. The standard InChI is InChI=1S/C15H22N2O2/c16-13-6-8-14(9-7-13)19-12-11-17-10-4-2-1-3-5-15(17)18/h6-9H,1-5,10-12,16H2. The van der Waals surface area contributed by atoms with E-state index >= 15 is 0 Å². The van der Waals surface area contributed by atoms with Crippen LogP contribution in [0.15, 0.2) is 24.3 Å². The second-order valence-corrected chi connectivity index (χ2v) is 4.96. The maximum absolute atomic E-state index is 11.9. The average Bonchev–Trinajstić information content (AvgIpc) is 2.40. The van der Waals surface area contributed by atoms with Crippen molar-refractivity contribution in [2.45, 2.75) is 32.1 Å². The number of ether oxygens (including phenoxy) is 1. The lowest BCUT2D eigenvalue weighted by Gasteiger charge is -2.24. The first-order valence-corrected chi connectivity index (χ1v) is 7.02. The van der Waals surface area contributed by atoms with Crippen LogP contribution in [-0.2, 0) is 4.79 Å². The number of carbonyl (C=O) groups is 1. The molecule has 0 bridgehead atoms. The number of amides is 1. The Hall–Kier alpha value is -1.71. The molecule has 1 aromatic carbocycles. The molecule has 1 aliphatic heterocycles. The Morgan fingerprint density at radius 1 is 1.11 bits per heavy atom. The molecule has 2 rings (SSSR count). The highest BCUT2D eigenvalue weighted by atomic mass is 16.5. The lowest BCUT2D eigenvalue weighted by molar-refractivity contribution is -0.132. The first kappa shape index (κ1) is 13.7. The summed E-state index contributed by atoms with van der Waals surface area (Å²) in [5, 5.41) is 0. The number of nitrogens with two attached hydrogens (primary N) is 1. The third-order valence-electron chi connectivity index (χ3n) is 3.43. The van der Waals surface area contributed by atoms with Crippen LogP contribution >= 0.6 is 0 Å². The quantitative estimate of drug-likeness (QED) is 0.848. The lowest BCUT2D eigenvalue weighted by atomic mass is 10.1. The van der Waals surface area contributed by atoms with Crippen molar-refractivity contribution >= 4 is 11.6 Å². The fourth-order valence-corrected chi connectivity index (χ4v) is 2.29. The van der Waals surface area contributed by atoms with E-state index in [1.807, 2.05) is 29.2 Å². The van der Waals surface area contributed by atoms with E-state index in [1.54, 1.807) is 0 Å².